The van der Waals surface area contributed by atoms with Crippen molar-refractivity contribution in [2.45, 2.75) is 38.1 Å². The minimum absolute atomic E-state index is 0.598. The number of nitrogens with zero attached hydrogens (tertiary/aromatic N) is 3. The van der Waals surface area contributed by atoms with Crippen molar-refractivity contribution in [3.63, 3.8) is 0 Å². The first-order valence-electron chi connectivity index (χ1n) is 5.73. The number of pyridine rings is 1. The maximum Gasteiger partial charge on any atom is 0.108 e. The zero-order chi connectivity index (χ0) is 10.1. The molecule has 1 aliphatic rings. The largest absolute Gasteiger partial charge is 0.260 e. The molecular formula is C12H15N3. The summed E-state index contributed by atoms with van der Waals surface area (Å²) in [7, 11) is 0. The summed E-state index contributed by atoms with van der Waals surface area (Å²) < 4.78 is 2.17. The van der Waals surface area contributed by atoms with E-state index in [9.17, 15) is 0 Å². The third-order valence-corrected chi connectivity index (χ3v) is 3.29. The van der Waals surface area contributed by atoms with Crippen LogP contribution in [0.4, 0.5) is 0 Å². The zero-order valence-corrected chi connectivity index (χ0v) is 8.76. The Balaban J connectivity index is 2.02. The number of hydrogen-bond donors (Lipinski definition) is 0. The van der Waals surface area contributed by atoms with Crippen molar-refractivity contribution in [3.05, 3.63) is 24.5 Å². The van der Waals surface area contributed by atoms with Crippen LogP contribution in [-0.2, 0) is 0 Å². The minimum Gasteiger partial charge on any atom is -0.260 e. The standard InChI is InChI=1S/C12H15N3/c1-2-5-10(6-3-1)15-12-7-4-8-13-11(12)9-14-15/h4,7-10H,1-3,5-6H2. The highest BCUT2D eigenvalue weighted by molar-refractivity contribution is 5.73. The van der Waals surface area contributed by atoms with Crippen LogP contribution < -0.4 is 0 Å². The SMILES string of the molecule is c1cnc2cnn(C3CCCCC3)c2c1. The van der Waals surface area contributed by atoms with Crippen LogP contribution in [0, 0.1) is 0 Å². The van der Waals surface area contributed by atoms with E-state index in [1.54, 1.807) is 0 Å². The Kier molecular flexibility index (Phi) is 2.16. The van der Waals surface area contributed by atoms with Gasteiger partial charge in [0.2, 0.25) is 0 Å². The quantitative estimate of drug-likeness (QED) is 0.710. The fraction of sp³-hybridized carbons (Fsp3) is 0.500. The van der Waals surface area contributed by atoms with Crippen molar-refractivity contribution in [2.24, 2.45) is 0 Å². The Morgan fingerprint density at radius 3 is 2.93 bits per heavy atom. The third kappa shape index (κ3) is 1.52. The molecule has 2 heterocycles. The molecular weight excluding hydrogens is 186 g/mol. The summed E-state index contributed by atoms with van der Waals surface area (Å²) in [5, 5.41) is 4.47. The van der Waals surface area contributed by atoms with Gasteiger partial charge in [-0.2, -0.15) is 5.10 Å². The number of rotatable bonds is 1. The van der Waals surface area contributed by atoms with Crippen molar-refractivity contribution in [3.8, 4) is 0 Å². The van der Waals surface area contributed by atoms with Gasteiger partial charge in [-0.3, -0.25) is 9.67 Å². The van der Waals surface area contributed by atoms with Gasteiger partial charge in [-0.15, -0.1) is 0 Å². The van der Waals surface area contributed by atoms with Crippen LogP contribution in [-0.4, -0.2) is 14.8 Å². The van der Waals surface area contributed by atoms with Crippen LogP contribution in [0.1, 0.15) is 38.1 Å². The van der Waals surface area contributed by atoms with Crippen molar-refractivity contribution in [1.82, 2.24) is 14.8 Å². The number of aromatic nitrogens is 3. The summed E-state index contributed by atoms with van der Waals surface area (Å²) >= 11 is 0. The molecule has 78 valence electrons. The minimum atomic E-state index is 0.598. The molecule has 15 heavy (non-hydrogen) atoms. The molecule has 0 spiro atoms. The van der Waals surface area contributed by atoms with Gasteiger partial charge in [-0.1, -0.05) is 19.3 Å². The van der Waals surface area contributed by atoms with Gasteiger partial charge in [-0.25, -0.2) is 0 Å². The van der Waals surface area contributed by atoms with E-state index >= 15 is 0 Å². The third-order valence-electron chi connectivity index (χ3n) is 3.29. The van der Waals surface area contributed by atoms with E-state index in [2.05, 4.69) is 20.8 Å². The lowest BCUT2D eigenvalue weighted by molar-refractivity contribution is 0.337. The average Bonchev–Trinajstić information content (AvgIpc) is 2.74. The molecule has 3 heteroatoms. The zero-order valence-electron chi connectivity index (χ0n) is 8.76. The summed E-state index contributed by atoms with van der Waals surface area (Å²) in [5.41, 5.74) is 2.20. The van der Waals surface area contributed by atoms with Crippen LogP contribution in [0.25, 0.3) is 11.0 Å². The molecule has 1 saturated carbocycles. The maximum absolute atomic E-state index is 4.47. The highest BCUT2D eigenvalue weighted by Gasteiger charge is 2.17. The van der Waals surface area contributed by atoms with Crippen molar-refractivity contribution in [1.29, 1.82) is 0 Å². The summed E-state index contributed by atoms with van der Waals surface area (Å²) in [6.45, 7) is 0. The van der Waals surface area contributed by atoms with Crippen molar-refractivity contribution in [2.75, 3.05) is 0 Å². The van der Waals surface area contributed by atoms with Crippen LogP contribution in [0.3, 0.4) is 0 Å². The van der Waals surface area contributed by atoms with E-state index in [-0.39, 0.29) is 0 Å². The van der Waals surface area contributed by atoms with Gasteiger partial charge in [0.15, 0.2) is 0 Å². The highest BCUT2D eigenvalue weighted by atomic mass is 15.3. The number of fused-ring (bicyclic) bond motifs is 1. The molecule has 0 aliphatic heterocycles. The lowest BCUT2D eigenvalue weighted by Gasteiger charge is -2.22. The Morgan fingerprint density at radius 1 is 1.20 bits per heavy atom. The van der Waals surface area contributed by atoms with E-state index in [4.69, 9.17) is 0 Å². The van der Waals surface area contributed by atoms with Gasteiger partial charge in [-0.05, 0) is 25.0 Å². The van der Waals surface area contributed by atoms with Gasteiger partial charge in [0.1, 0.15) is 5.52 Å². The smallest absolute Gasteiger partial charge is 0.108 e. The first-order chi connectivity index (χ1) is 7.45. The topological polar surface area (TPSA) is 30.7 Å². The molecule has 0 bridgehead atoms. The lowest BCUT2D eigenvalue weighted by Crippen LogP contribution is -2.13. The monoisotopic (exact) mass is 201 g/mol. The molecule has 2 aromatic rings. The molecule has 3 rings (SSSR count). The first-order valence-corrected chi connectivity index (χ1v) is 5.73. The lowest BCUT2D eigenvalue weighted by atomic mass is 9.95. The molecule has 0 aromatic carbocycles. The fourth-order valence-electron chi connectivity index (χ4n) is 2.50. The average molecular weight is 201 g/mol. The van der Waals surface area contributed by atoms with E-state index in [1.165, 1.54) is 37.6 Å². The van der Waals surface area contributed by atoms with Gasteiger partial charge in [0.05, 0.1) is 17.8 Å². The second-order valence-corrected chi connectivity index (χ2v) is 4.29. The van der Waals surface area contributed by atoms with Crippen molar-refractivity contribution < 1.29 is 0 Å². The normalized spacial score (nSPS) is 18.4. The fourth-order valence-corrected chi connectivity index (χ4v) is 2.50. The van der Waals surface area contributed by atoms with Gasteiger partial charge in [0.25, 0.3) is 0 Å². The molecule has 0 saturated heterocycles. The van der Waals surface area contributed by atoms with Crippen LogP contribution in [0.5, 0.6) is 0 Å². The second-order valence-electron chi connectivity index (χ2n) is 4.29. The van der Waals surface area contributed by atoms with Crippen molar-refractivity contribution >= 4 is 11.0 Å². The van der Waals surface area contributed by atoms with Gasteiger partial charge >= 0.3 is 0 Å². The molecule has 0 unspecified atom stereocenters. The summed E-state index contributed by atoms with van der Waals surface area (Å²) in [4.78, 5) is 4.31. The van der Waals surface area contributed by atoms with Crippen LogP contribution >= 0.6 is 0 Å². The molecule has 3 nitrogen and oxygen atoms in total. The van der Waals surface area contributed by atoms with E-state index < -0.39 is 0 Å². The second kappa shape index (κ2) is 3.65. The van der Waals surface area contributed by atoms with Crippen LogP contribution in [0.15, 0.2) is 24.5 Å². The first kappa shape index (κ1) is 8.89. The molecule has 0 amide bonds. The predicted molar refractivity (Wildman–Crippen MR) is 59.7 cm³/mol. The Bertz CT molecular complexity index is 455. The molecule has 2 aromatic heterocycles. The summed E-state index contributed by atoms with van der Waals surface area (Å²) in [6.07, 6.45) is 10.3. The van der Waals surface area contributed by atoms with Gasteiger partial charge in [0, 0.05) is 6.20 Å². The van der Waals surface area contributed by atoms with E-state index in [1.807, 2.05) is 18.5 Å². The molecule has 0 radical (unpaired) electrons. The van der Waals surface area contributed by atoms with Gasteiger partial charge < -0.3 is 0 Å². The van der Waals surface area contributed by atoms with Crippen LogP contribution in [0.2, 0.25) is 0 Å². The number of hydrogen-bond acceptors (Lipinski definition) is 2. The maximum atomic E-state index is 4.47. The summed E-state index contributed by atoms with van der Waals surface area (Å²) in [6, 6.07) is 4.70. The Morgan fingerprint density at radius 2 is 2.07 bits per heavy atom. The highest BCUT2D eigenvalue weighted by Crippen LogP contribution is 2.29. The molecule has 1 aliphatic carbocycles. The van der Waals surface area contributed by atoms with E-state index in [0.29, 0.717) is 6.04 Å². The molecule has 0 atom stereocenters. The Labute approximate surface area is 89.1 Å². The Hall–Kier alpha value is -1.38. The summed E-state index contributed by atoms with van der Waals surface area (Å²) in [5.74, 6) is 0. The molecule has 0 N–H and O–H groups in total. The predicted octanol–water partition coefficient (Wildman–Crippen LogP) is 2.94. The molecule has 1 fully saturated rings. The van der Waals surface area contributed by atoms with E-state index in [0.717, 1.165) is 5.52 Å².